The summed E-state index contributed by atoms with van der Waals surface area (Å²) in [6.07, 6.45) is -0.547. The third kappa shape index (κ3) is 2.78. The summed E-state index contributed by atoms with van der Waals surface area (Å²) >= 11 is 1.09. The molecule has 1 saturated heterocycles. The van der Waals surface area contributed by atoms with E-state index in [9.17, 15) is 14.7 Å². The number of likely N-dealkylation sites (N-methyl/N-ethyl adjacent to an activating group) is 1. The SMILES string of the molecule is CN(C)[C@H]1CN(C(=O)c2ccc(C(N)=O)s2)C[C@@H]1O. The molecule has 104 valence electrons. The van der Waals surface area contributed by atoms with Gasteiger partial charge in [-0.25, -0.2) is 0 Å². The van der Waals surface area contributed by atoms with Gasteiger partial charge in [-0.05, 0) is 26.2 Å². The molecule has 0 saturated carbocycles. The normalized spacial score (nSPS) is 23.1. The third-order valence-electron chi connectivity index (χ3n) is 3.27. The van der Waals surface area contributed by atoms with Gasteiger partial charge in [-0.15, -0.1) is 11.3 Å². The van der Waals surface area contributed by atoms with Crippen molar-refractivity contribution >= 4 is 23.2 Å². The number of likely N-dealkylation sites (tertiary alicyclic amines) is 1. The van der Waals surface area contributed by atoms with Crippen LogP contribution in [0.1, 0.15) is 19.3 Å². The fourth-order valence-corrected chi connectivity index (χ4v) is 3.01. The van der Waals surface area contributed by atoms with Crippen LogP contribution in [-0.2, 0) is 0 Å². The summed E-state index contributed by atoms with van der Waals surface area (Å²) in [4.78, 5) is 27.6. The molecular formula is C12H17N3O3S. The maximum Gasteiger partial charge on any atom is 0.264 e. The van der Waals surface area contributed by atoms with Crippen molar-refractivity contribution in [3.63, 3.8) is 0 Å². The van der Waals surface area contributed by atoms with Gasteiger partial charge >= 0.3 is 0 Å². The van der Waals surface area contributed by atoms with Gasteiger partial charge in [-0.3, -0.25) is 9.59 Å². The average Bonchev–Trinajstić information content (AvgIpc) is 2.94. The van der Waals surface area contributed by atoms with Crippen LogP contribution in [-0.4, -0.2) is 66.1 Å². The summed E-state index contributed by atoms with van der Waals surface area (Å²) in [6, 6.07) is 3.10. The number of carbonyl (C=O) groups is 2. The summed E-state index contributed by atoms with van der Waals surface area (Å²) in [6.45, 7) is 0.794. The van der Waals surface area contributed by atoms with Gasteiger partial charge in [0, 0.05) is 13.1 Å². The fraction of sp³-hybridized carbons (Fsp3) is 0.500. The zero-order chi connectivity index (χ0) is 14.2. The number of amides is 2. The smallest absolute Gasteiger partial charge is 0.264 e. The van der Waals surface area contributed by atoms with E-state index in [1.807, 2.05) is 19.0 Å². The van der Waals surface area contributed by atoms with Crippen LogP contribution < -0.4 is 5.73 Å². The van der Waals surface area contributed by atoms with Gasteiger partial charge in [0.2, 0.25) is 0 Å². The van der Waals surface area contributed by atoms with Crippen LogP contribution in [0.3, 0.4) is 0 Å². The highest BCUT2D eigenvalue weighted by molar-refractivity contribution is 7.15. The zero-order valence-electron chi connectivity index (χ0n) is 10.9. The number of hydrogen-bond donors (Lipinski definition) is 2. The quantitative estimate of drug-likeness (QED) is 0.790. The molecule has 1 aromatic rings. The van der Waals surface area contributed by atoms with Gasteiger partial charge in [0.05, 0.1) is 21.9 Å². The summed E-state index contributed by atoms with van der Waals surface area (Å²) in [5, 5.41) is 9.91. The molecule has 0 radical (unpaired) electrons. The minimum absolute atomic E-state index is 0.0560. The molecule has 0 aliphatic carbocycles. The number of carbonyl (C=O) groups excluding carboxylic acids is 2. The van der Waals surface area contributed by atoms with E-state index in [-0.39, 0.29) is 11.9 Å². The molecule has 0 spiro atoms. The van der Waals surface area contributed by atoms with Gasteiger partial charge < -0.3 is 20.6 Å². The minimum Gasteiger partial charge on any atom is -0.390 e. The van der Waals surface area contributed by atoms with Gasteiger partial charge in [-0.2, -0.15) is 0 Å². The van der Waals surface area contributed by atoms with Crippen LogP contribution in [0.5, 0.6) is 0 Å². The molecule has 1 aliphatic rings. The molecule has 2 atom stereocenters. The minimum atomic E-state index is -0.547. The first-order chi connectivity index (χ1) is 8.90. The highest BCUT2D eigenvalue weighted by Gasteiger charge is 2.35. The van der Waals surface area contributed by atoms with Gasteiger partial charge in [0.1, 0.15) is 0 Å². The van der Waals surface area contributed by atoms with E-state index in [4.69, 9.17) is 5.73 Å². The van der Waals surface area contributed by atoms with Gasteiger partial charge in [0.15, 0.2) is 0 Å². The fourth-order valence-electron chi connectivity index (χ4n) is 2.18. The van der Waals surface area contributed by atoms with Gasteiger partial charge in [0.25, 0.3) is 11.8 Å². The number of hydrogen-bond acceptors (Lipinski definition) is 5. The largest absolute Gasteiger partial charge is 0.390 e. The lowest BCUT2D eigenvalue weighted by Crippen LogP contribution is -2.38. The Kier molecular flexibility index (Phi) is 3.88. The van der Waals surface area contributed by atoms with Crippen LogP contribution in [0, 0.1) is 0 Å². The molecule has 1 fully saturated rings. The van der Waals surface area contributed by atoms with Crippen LogP contribution in [0.4, 0.5) is 0 Å². The highest BCUT2D eigenvalue weighted by atomic mass is 32.1. The summed E-state index contributed by atoms with van der Waals surface area (Å²) < 4.78 is 0. The maximum atomic E-state index is 12.3. The van der Waals surface area contributed by atoms with Crippen LogP contribution in [0.2, 0.25) is 0 Å². The first-order valence-corrected chi connectivity index (χ1v) is 6.75. The second-order valence-corrected chi connectivity index (χ2v) is 5.92. The Morgan fingerprint density at radius 3 is 2.47 bits per heavy atom. The Balaban J connectivity index is 2.10. The van der Waals surface area contributed by atoms with Crippen LogP contribution in [0.25, 0.3) is 0 Å². The lowest BCUT2D eigenvalue weighted by atomic mass is 10.2. The van der Waals surface area contributed by atoms with E-state index >= 15 is 0 Å². The maximum absolute atomic E-state index is 12.3. The van der Waals surface area contributed by atoms with E-state index in [0.29, 0.717) is 22.8 Å². The Morgan fingerprint density at radius 1 is 1.37 bits per heavy atom. The average molecular weight is 283 g/mol. The summed E-state index contributed by atoms with van der Waals surface area (Å²) in [5.74, 6) is -0.697. The standard InChI is InChI=1S/C12H17N3O3S/c1-14(2)7-5-15(6-8(7)16)12(18)10-4-3-9(19-10)11(13)17/h3-4,7-8,16H,5-6H2,1-2H3,(H2,13,17)/t7-,8-/m0/s1. The molecule has 1 aliphatic heterocycles. The summed E-state index contributed by atoms with van der Waals surface area (Å²) in [5.41, 5.74) is 5.16. The van der Waals surface area contributed by atoms with E-state index in [1.54, 1.807) is 17.0 Å². The number of aliphatic hydroxyl groups is 1. The van der Waals surface area contributed by atoms with Crippen molar-refractivity contribution in [3.8, 4) is 0 Å². The number of thiophene rings is 1. The van der Waals surface area contributed by atoms with Crippen molar-refractivity contribution in [2.45, 2.75) is 12.1 Å². The lowest BCUT2D eigenvalue weighted by Gasteiger charge is -2.21. The molecule has 19 heavy (non-hydrogen) atoms. The molecule has 0 unspecified atom stereocenters. The predicted molar refractivity (Wildman–Crippen MR) is 72.2 cm³/mol. The highest BCUT2D eigenvalue weighted by Crippen LogP contribution is 2.22. The van der Waals surface area contributed by atoms with Crippen molar-refractivity contribution in [1.29, 1.82) is 0 Å². The number of aliphatic hydroxyl groups excluding tert-OH is 1. The summed E-state index contributed by atoms with van der Waals surface area (Å²) in [7, 11) is 3.75. The molecule has 2 rings (SSSR count). The molecule has 7 heteroatoms. The van der Waals surface area contributed by atoms with Crippen molar-refractivity contribution in [2.24, 2.45) is 5.73 Å². The van der Waals surface area contributed by atoms with E-state index < -0.39 is 12.0 Å². The number of primary amides is 1. The van der Waals surface area contributed by atoms with Crippen LogP contribution in [0.15, 0.2) is 12.1 Å². The topological polar surface area (TPSA) is 86.9 Å². The Labute approximate surface area is 115 Å². The van der Waals surface area contributed by atoms with Gasteiger partial charge in [-0.1, -0.05) is 0 Å². The molecule has 1 aromatic heterocycles. The van der Waals surface area contributed by atoms with E-state index in [1.165, 1.54) is 0 Å². The Hall–Kier alpha value is -1.44. The monoisotopic (exact) mass is 283 g/mol. The molecule has 2 heterocycles. The second kappa shape index (κ2) is 5.28. The number of rotatable bonds is 3. The van der Waals surface area contributed by atoms with E-state index in [2.05, 4.69) is 0 Å². The Bertz CT molecular complexity index is 500. The predicted octanol–water partition coefficient (Wildman–Crippen LogP) is -0.406. The molecule has 0 aromatic carbocycles. The van der Waals surface area contributed by atoms with Crippen molar-refractivity contribution in [1.82, 2.24) is 9.80 Å². The second-order valence-electron chi connectivity index (χ2n) is 4.84. The lowest BCUT2D eigenvalue weighted by molar-refractivity contribution is 0.0768. The molecular weight excluding hydrogens is 266 g/mol. The molecule has 2 amide bonds. The number of nitrogens with zero attached hydrogens (tertiary/aromatic N) is 2. The van der Waals surface area contributed by atoms with Crippen molar-refractivity contribution in [3.05, 3.63) is 21.9 Å². The molecule has 3 N–H and O–H groups in total. The number of nitrogens with two attached hydrogens (primary N) is 1. The van der Waals surface area contributed by atoms with Crippen LogP contribution >= 0.6 is 11.3 Å². The Morgan fingerprint density at radius 2 is 2.00 bits per heavy atom. The van der Waals surface area contributed by atoms with E-state index in [0.717, 1.165) is 11.3 Å². The number of β-amino-alcohol motifs (C(OH)–C–C–N with tert-alkyl or cyclic N) is 1. The molecule has 6 nitrogen and oxygen atoms in total. The molecule has 0 bridgehead atoms. The first-order valence-electron chi connectivity index (χ1n) is 5.93. The van der Waals surface area contributed by atoms with Crippen molar-refractivity contribution < 1.29 is 14.7 Å². The zero-order valence-corrected chi connectivity index (χ0v) is 11.7. The third-order valence-corrected chi connectivity index (χ3v) is 4.36. The first kappa shape index (κ1) is 14.0. The van der Waals surface area contributed by atoms with Crippen molar-refractivity contribution in [2.75, 3.05) is 27.2 Å².